The maximum Gasteiger partial charge on any atom is 0.472 e. The molecule has 0 saturated carbocycles. The highest BCUT2D eigenvalue weighted by Crippen LogP contribution is 2.43. The molecule has 0 saturated heterocycles. The molecule has 9 nitrogen and oxygen atoms in total. The number of phosphoric acid groups is 1. The Morgan fingerprint density at radius 3 is 1.48 bits per heavy atom. The van der Waals surface area contributed by atoms with Crippen molar-refractivity contribution in [2.75, 3.05) is 40.5 Å². The number of phosphoric ester groups is 1. The fourth-order valence-corrected chi connectivity index (χ4v) is 6.72. The Hall–Kier alpha value is -1.25. The highest BCUT2D eigenvalue weighted by molar-refractivity contribution is 7.47. The summed E-state index contributed by atoms with van der Waals surface area (Å²) in [7, 11) is -0.657. The topological polar surface area (TPSA) is 112 Å². The molecule has 10 heteroatoms. The van der Waals surface area contributed by atoms with Gasteiger partial charge in [0.05, 0.1) is 19.8 Å². The number of ether oxygens (including phenoxy) is 2. The van der Waals surface area contributed by atoms with Crippen LogP contribution in [0.3, 0.4) is 0 Å². The maximum atomic E-state index is 12.6. The molecule has 2 atom stereocenters. The lowest BCUT2D eigenvalue weighted by Gasteiger charge is -2.20. The van der Waals surface area contributed by atoms with E-state index in [0.717, 1.165) is 57.8 Å². The largest absolute Gasteiger partial charge is 0.472 e. The van der Waals surface area contributed by atoms with Crippen LogP contribution < -0.4 is 0 Å². The van der Waals surface area contributed by atoms with Crippen molar-refractivity contribution in [3.63, 3.8) is 0 Å². The molecule has 0 aromatic rings. The Morgan fingerprint density at radius 1 is 0.596 bits per heavy atom. The van der Waals surface area contributed by atoms with Gasteiger partial charge in [0, 0.05) is 25.8 Å². The summed E-state index contributed by atoms with van der Waals surface area (Å²) in [5.74, 6) is -0.659. The standard InChI is InChI=1S/C42H82NO8P/c1-5-7-9-11-13-15-17-19-20-22-24-26-28-30-32-34-42(45)51-40(39-50-52(46,47)49-38-36-43(3)4)35-37-48-41(44)33-31-29-27-25-23-21-18-16-14-12-10-8-6-2/h19-20,40H,5-18,21-39H2,1-4H3,(H,46,47)/b20-19-/t40-/m1/s1. The van der Waals surface area contributed by atoms with E-state index in [1.165, 1.54) is 109 Å². The van der Waals surface area contributed by atoms with Gasteiger partial charge in [-0.1, -0.05) is 154 Å². The summed E-state index contributed by atoms with van der Waals surface area (Å²) < 4.78 is 33.6. The Bertz CT molecular complexity index is 884. The molecule has 0 aromatic carbocycles. The van der Waals surface area contributed by atoms with E-state index in [2.05, 4.69) is 26.0 Å². The van der Waals surface area contributed by atoms with Crippen molar-refractivity contribution < 1.29 is 37.6 Å². The van der Waals surface area contributed by atoms with Gasteiger partial charge in [-0.05, 0) is 52.6 Å². The van der Waals surface area contributed by atoms with Crippen LogP contribution in [-0.2, 0) is 32.7 Å². The average Bonchev–Trinajstić information content (AvgIpc) is 3.10. The first-order valence-corrected chi connectivity index (χ1v) is 23.0. The van der Waals surface area contributed by atoms with Crippen LogP contribution >= 0.6 is 7.82 Å². The molecule has 0 bridgehead atoms. The van der Waals surface area contributed by atoms with Gasteiger partial charge in [0.1, 0.15) is 6.10 Å². The second-order valence-corrected chi connectivity index (χ2v) is 16.3. The minimum atomic E-state index is -4.32. The monoisotopic (exact) mass is 760 g/mol. The number of hydrogen-bond acceptors (Lipinski definition) is 8. The number of carbonyl (C=O) groups is 2. The lowest BCUT2D eigenvalue weighted by Crippen LogP contribution is -2.26. The van der Waals surface area contributed by atoms with E-state index in [-0.39, 0.29) is 44.6 Å². The molecule has 0 aromatic heterocycles. The van der Waals surface area contributed by atoms with Crippen LogP contribution in [0.1, 0.15) is 200 Å². The van der Waals surface area contributed by atoms with Crippen LogP contribution in [0.4, 0.5) is 0 Å². The highest BCUT2D eigenvalue weighted by atomic mass is 31.2. The summed E-state index contributed by atoms with van der Waals surface area (Å²) in [5.41, 5.74) is 0. The number of rotatable bonds is 40. The zero-order valence-corrected chi connectivity index (χ0v) is 35.2. The van der Waals surface area contributed by atoms with Gasteiger partial charge in [-0.15, -0.1) is 0 Å². The van der Waals surface area contributed by atoms with E-state index in [0.29, 0.717) is 13.0 Å². The first-order chi connectivity index (χ1) is 25.2. The molecule has 0 aliphatic rings. The van der Waals surface area contributed by atoms with Crippen LogP contribution in [0.2, 0.25) is 0 Å². The number of nitrogens with zero attached hydrogens (tertiary/aromatic N) is 1. The minimum absolute atomic E-state index is 0.0253. The first-order valence-electron chi connectivity index (χ1n) is 21.5. The van der Waals surface area contributed by atoms with Crippen LogP contribution in [-0.4, -0.2) is 68.3 Å². The van der Waals surface area contributed by atoms with Gasteiger partial charge in [-0.3, -0.25) is 18.6 Å². The third-order valence-corrected chi connectivity index (χ3v) is 10.3. The van der Waals surface area contributed by atoms with Gasteiger partial charge in [0.2, 0.25) is 0 Å². The van der Waals surface area contributed by atoms with E-state index >= 15 is 0 Å². The maximum absolute atomic E-state index is 12.6. The van der Waals surface area contributed by atoms with Gasteiger partial charge in [0.25, 0.3) is 0 Å². The van der Waals surface area contributed by atoms with Crippen LogP contribution in [0.5, 0.6) is 0 Å². The molecule has 0 aliphatic carbocycles. The summed E-state index contributed by atoms with van der Waals surface area (Å²) in [6, 6.07) is 0. The fraction of sp³-hybridized carbons (Fsp3) is 0.905. The molecule has 0 spiro atoms. The van der Waals surface area contributed by atoms with Crippen molar-refractivity contribution in [1.29, 1.82) is 0 Å². The van der Waals surface area contributed by atoms with Crippen molar-refractivity contribution in [3.8, 4) is 0 Å². The number of esters is 2. The lowest BCUT2D eigenvalue weighted by molar-refractivity contribution is -0.153. The zero-order valence-electron chi connectivity index (χ0n) is 34.3. The third-order valence-electron chi connectivity index (χ3n) is 9.34. The molecule has 0 aliphatic heterocycles. The summed E-state index contributed by atoms with van der Waals surface area (Å²) >= 11 is 0. The summed E-state index contributed by atoms with van der Waals surface area (Å²) in [4.78, 5) is 36.9. The van der Waals surface area contributed by atoms with Gasteiger partial charge >= 0.3 is 19.8 Å². The molecule has 308 valence electrons. The summed E-state index contributed by atoms with van der Waals surface area (Å²) in [6.45, 7) is 4.71. The third kappa shape index (κ3) is 38.5. The van der Waals surface area contributed by atoms with E-state index in [4.69, 9.17) is 18.5 Å². The molecule has 0 amide bonds. The second kappa shape index (κ2) is 38.0. The van der Waals surface area contributed by atoms with E-state index < -0.39 is 13.9 Å². The van der Waals surface area contributed by atoms with Crippen molar-refractivity contribution in [3.05, 3.63) is 12.2 Å². The SMILES string of the molecule is CCCCCCCC/C=C\CCCCCCCC(=O)O[C@H](CCOC(=O)CCCCCCCCCCCCCCC)COP(=O)(O)OCCN(C)C. The van der Waals surface area contributed by atoms with E-state index in [9.17, 15) is 19.0 Å². The number of unbranched alkanes of at least 4 members (excludes halogenated alkanes) is 23. The fourth-order valence-electron chi connectivity index (χ4n) is 5.98. The normalized spacial score (nSPS) is 13.5. The number of likely N-dealkylation sites (N-methyl/N-ethyl adjacent to an activating group) is 1. The van der Waals surface area contributed by atoms with Gasteiger partial charge in [-0.2, -0.15) is 0 Å². The lowest BCUT2D eigenvalue weighted by atomic mass is 10.0. The molecule has 0 fully saturated rings. The Labute approximate surface area is 320 Å². The number of allylic oxidation sites excluding steroid dienone is 2. The molecule has 1 N–H and O–H groups in total. The van der Waals surface area contributed by atoms with Crippen LogP contribution in [0.15, 0.2) is 12.2 Å². The molecule has 0 radical (unpaired) electrons. The van der Waals surface area contributed by atoms with Crippen LogP contribution in [0, 0.1) is 0 Å². The number of carbonyl (C=O) groups excluding carboxylic acids is 2. The van der Waals surface area contributed by atoms with Crippen LogP contribution in [0.25, 0.3) is 0 Å². The average molecular weight is 760 g/mol. The van der Waals surface area contributed by atoms with Crippen molar-refractivity contribution in [2.45, 2.75) is 206 Å². The predicted molar refractivity (Wildman–Crippen MR) is 216 cm³/mol. The molecule has 1 unspecified atom stereocenters. The van der Waals surface area contributed by atoms with Gasteiger partial charge in [0.15, 0.2) is 0 Å². The Balaban J connectivity index is 4.28. The first kappa shape index (κ1) is 50.8. The Morgan fingerprint density at radius 2 is 1.02 bits per heavy atom. The molecule has 0 rings (SSSR count). The predicted octanol–water partition coefficient (Wildman–Crippen LogP) is 12.0. The molecule has 52 heavy (non-hydrogen) atoms. The number of hydrogen-bond donors (Lipinski definition) is 1. The molecular formula is C42H82NO8P. The van der Waals surface area contributed by atoms with Gasteiger partial charge in [-0.25, -0.2) is 4.57 Å². The quantitative estimate of drug-likeness (QED) is 0.0282. The smallest absolute Gasteiger partial charge is 0.466 e. The van der Waals surface area contributed by atoms with Crippen molar-refractivity contribution >= 4 is 19.8 Å². The van der Waals surface area contributed by atoms with Crippen molar-refractivity contribution in [1.82, 2.24) is 4.90 Å². The Kier molecular flexibility index (Phi) is 37.1. The van der Waals surface area contributed by atoms with Crippen molar-refractivity contribution in [2.24, 2.45) is 0 Å². The van der Waals surface area contributed by atoms with E-state index in [1.807, 2.05) is 19.0 Å². The summed E-state index contributed by atoms with van der Waals surface area (Å²) in [5, 5.41) is 0. The van der Waals surface area contributed by atoms with Gasteiger partial charge < -0.3 is 19.3 Å². The highest BCUT2D eigenvalue weighted by Gasteiger charge is 2.25. The minimum Gasteiger partial charge on any atom is -0.466 e. The zero-order chi connectivity index (χ0) is 38.4. The van der Waals surface area contributed by atoms with E-state index in [1.54, 1.807) is 0 Å². The molecule has 0 heterocycles. The second-order valence-electron chi connectivity index (χ2n) is 14.8. The summed E-state index contributed by atoms with van der Waals surface area (Å²) in [6.07, 6.45) is 36.1. The molecular weight excluding hydrogens is 677 g/mol.